The first-order valence-corrected chi connectivity index (χ1v) is 6.82. The van der Waals surface area contributed by atoms with Crippen molar-refractivity contribution in [1.29, 1.82) is 0 Å². The van der Waals surface area contributed by atoms with Crippen LogP contribution in [0.2, 0.25) is 0 Å². The maximum atomic E-state index is 12.1. The molecule has 0 aromatic heterocycles. The van der Waals surface area contributed by atoms with Crippen LogP contribution in [-0.2, 0) is 0 Å². The predicted octanol–water partition coefficient (Wildman–Crippen LogP) is 4.12. The van der Waals surface area contributed by atoms with Crippen molar-refractivity contribution in [2.45, 2.75) is 26.4 Å². The maximum Gasteiger partial charge on any atom is 0.255 e. The summed E-state index contributed by atoms with van der Waals surface area (Å²) >= 11 is 0. The summed E-state index contributed by atoms with van der Waals surface area (Å²) < 4.78 is 5.68. The zero-order chi connectivity index (χ0) is 14.4. The van der Waals surface area contributed by atoms with Crippen LogP contribution in [0.25, 0.3) is 0 Å². The third-order valence-corrected chi connectivity index (χ3v) is 3.06. The highest BCUT2D eigenvalue weighted by Crippen LogP contribution is 2.16. The van der Waals surface area contributed by atoms with E-state index in [0.29, 0.717) is 5.56 Å². The highest BCUT2D eigenvalue weighted by atomic mass is 16.5. The first kappa shape index (κ1) is 14.1. The Morgan fingerprint density at radius 3 is 2.35 bits per heavy atom. The molecule has 0 saturated heterocycles. The fourth-order valence-corrected chi connectivity index (χ4v) is 1.73. The van der Waals surface area contributed by atoms with Gasteiger partial charge >= 0.3 is 0 Å². The molecule has 104 valence electrons. The quantitative estimate of drug-likeness (QED) is 0.886. The third kappa shape index (κ3) is 3.85. The van der Waals surface area contributed by atoms with Gasteiger partial charge < -0.3 is 10.1 Å². The van der Waals surface area contributed by atoms with Crippen molar-refractivity contribution in [3.05, 3.63) is 60.2 Å². The molecule has 0 spiro atoms. The van der Waals surface area contributed by atoms with Gasteiger partial charge in [-0.05, 0) is 49.7 Å². The van der Waals surface area contributed by atoms with Crippen LogP contribution in [0.4, 0.5) is 5.69 Å². The van der Waals surface area contributed by atoms with Crippen LogP contribution >= 0.6 is 0 Å². The Labute approximate surface area is 119 Å². The third-order valence-electron chi connectivity index (χ3n) is 3.06. The van der Waals surface area contributed by atoms with Crippen LogP contribution in [-0.4, -0.2) is 12.0 Å². The summed E-state index contributed by atoms with van der Waals surface area (Å²) in [5, 5.41) is 2.85. The molecule has 20 heavy (non-hydrogen) atoms. The highest BCUT2D eigenvalue weighted by molar-refractivity contribution is 6.04. The fraction of sp³-hybridized carbons (Fsp3) is 0.235. The van der Waals surface area contributed by atoms with Gasteiger partial charge in [-0.15, -0.1) is 0 Å². The molecule has 0 radical (unpaired) electrons. The minimum atomic E-state index is -0.119. The number of rotatable bonds is 5. The molecule has 2 rings (SSSR count). The monoisotopic (exact) mass is 269 g/mol. The van der Waals surface area contributed by atoms with Gasteiger partial charge in [0.2, 0.25) is 0 Å². The average molecular weight is 269 g/mol. The number of ether oxygens (including phenoxy) is 1. The van der Waals surface area contributed by atoms with Crippen LogP contribution in [0.15, 0.2) is 54.6 Å². The second-order valence-corrected chi connectivity index (χ2v) is 4.68. The second-order valence-electron chi connectivity index (χ2n) is 4.68. The number of hydrogen-bond donors (Lipinski definition) is 1. The SMILES string of the molecule is CC[C@H](C)Oc1ccc(C(=O)Nc2ccccc2)cc1. The van der Waals surface area contributed by atoms with Crippen LogP contribution < -0.4 is 10.1 Å². The van der Waals surface area contributed by atoms with E-state index in [-0.39, 0.29) is 12.0 Å². The summed E-state index contributed by atoms with van der Waals surface area (Å²) in [6, 6.07) is 16.6. The second kappa shape index (κ2) is 6.75. The molecular weight excluding hydrogens is 250 g/mol. The minimum Gasteiger partial charge on any atom is -0.491 e. The number of amides is 1. The van der Waals surface area contributed by atoms with Crippen molar-refractivity contribution in [3.8, 4) is 5.75 Å². The van der Waals surface area contributed by atoms with E-state index >= 15 is 0 Å². The largest absolute Gasteiger partial charge is 0.491 e. The van der Waals surface area contributed by atoms with Crippen molar-refractivity contribution in [3.63, 3.8) is 0 Å². The molecule has 0 bridgehead atoms. The lowest BCUT2D eigenvalue weighted by molar-refractivity contribution is 0.102. The first-order valence-electron chi connectivity index (χ1n) is 6.82. The van der Waals surface area contributed by atoms with Gasteiger partial charge in [0.1, 0.15) is 5.75 Å². The summed E-state index contributed by atoms with van der Waals surface area (Å²) in [7, 11) is 0. The van der Waals surface area contributed by atoms with Gasteiger partial charge in [-0.25, -0.2) is 0 Å². The maximum absolute atomic E-state index is 12.1. The molecule has 1 atom stereocenters. The van der Waals surface area contributed by atoms with E-state index in [9.17, 15) is 4.79 Å². The molecule has 0 heterocycles. The average Bonchev–Trinajstić information content (AvgIpc) is 2.49. The minimum absolute atomic E-state index is 0.119. The van der Waals surface area contributed by atoms with Gasteiger partial charge in [-0.3, -0.25) is 4.79 Å². The van der Waals surface area contributed by atoms with Crippen molar-refractivity contribution in [2.24, 2.45) is 0 Å². The molecule has 2 aromatic rings. The molecule has 3 nitrogen and oxygen atoms in total. The van der Waals surface area contributed by atoms with Crippen molar-refractivity contribution in [2.75, 3.05) is 5.32 Å². The number of benzene rings is 2. The van der Waals surface area contributed by atoms with Crippen LogP contribution in [0, 0.1) is 0 Å². The summed E-state index contributed by atoms with van der Waals surface area (Å²) in [6.07, 6.45) is 1.13. The molecular formula is C17H19NO2. The topological polar surface area (TPSA) is 38.3 Å². The summed E-state index contributed by atoms with van der Waals surface area (Å²) in [6.45, 7) is 4.10. The Balaban J connectivity index is 2.01. The normalized spacial score (nSPS) is 11.7. The van der Waals surface area contributed by atoms with E-state index in [4.69, 9.17) is 4.74 Å². The lowest BCUT2D eigenvalue weighted by Gasteiger charge is -2.12. The van der Waals surface area contributed by atoms with Crippen LogP contribution in [0.3, 0.4) is 0 Å². The molecule has 2 aromatic carbocycles. The Hall–Kier alpha value is -2.29. The number of hydrogen-bond acceptors (Lipinski definition) is 2. The number of carbonyl (C=O) groups is 1. The lowest BCUT2D eigenvalue weighted by atomic mass is 10.2. The molecule has 0 unspecified atom stereocenters. The number of carbonyl (C=O) groups excluding carboxylic acids is 1. The van der Waals surface area contributed by atoms with E-state index < -0.39 is 0 Å². The summed E-state index contributed by atoms with van der Waals surface area (Å²) in [5.74, 6) is 0.668. The van der Waals surface area contributed by atoms with E-state index in [1.54, 1.807) is 12.1 Å². The van der Waals surface area contributed by atoms with Gasteiger partial charge in [0, 0.05) is 11.3 Å². The van der Waals surface area contributed by atoms with Gasteiger partial charge in [0.15, 0.2) is 0 Å². The van der Waals surface area contributed by atoms with Gasteiger partial charge in [-0.2, -0.15) is 0 Å². The van der Waals surface area contributed by atoms with E-state index in [0.717, 1.165) is 17.9 Å². The molecule has 0 aliphatic carbocycles. The molecule has 0 aliphatic heterocycles. The molecule has 0 saturated carbocycles. The Morgan fingerprint density at radius 1 is 1.10 bits per heavy atom. The molecule has 1 amide bonds. The first-order chi connectivity index (χ1) is 9.69. The zero-order valence-corrected chi connectivity index (χ0v) is 11.8. The van der Waals surface area contributed by atoms with Gasteiger partial charge in [0.25, 0.3) is 5.91 Å². The Kier molecular flexibility index (Phi) is 4.77. The van der Waals surface area contributed by atoms with Crippen molar-refractivity contribution in [1.82, 2.24) is 0 Å². The number of para-hydroxylation sites is 1. The van der Waals surface area contributed by atoms with Gasteiger partial charge in [-0.1, -0.05) is 25.1 Å². The van der Waals surface area contributed by atoms with Crippen molar-refractivity contribution >= 4 is 11.6 Å². The van der Waals surface area contributed by atoms with E-state index in [1.165, 1.54) is 0 Å². The molecule has 0 fully saturated rings. The molecule has 1 N–H and O–H groups in total. The summed E-state index contributed by atoms with van der Waals surface area (Å²) in [4.78, 5) is 12.1. The Bertz CT molecular complexity index is 549. The van der Waals surface area contributed by atoms with Crippen LogP contribution in [0.1, 0.15) is 30.6 Å². The van der Waals surface area contributed by atoms with E-state index in [1.807, 2.05) is 49.4 Å². The van der Waals surface area contributed by atoms with Crippen molar-refractivity contribution < 1.29 is 9.53 Å². The molecule has 0 aliphatic rings. The predicted molar refractivity (Wildman–Crippen MR) is 81.2 cm³/mol. The number of nitrogens with one attached hydrogen (secondary N) is 1. The van der Waals surface area contributed by atoms with E-state index in [2.05, 4.69) is 12.2 Å². The van der Waals surface area contributed by atoms with Crippen LogP contribution in [0.5, 0.6) is 5.75 Å². The smallest absolute Gasteiger partial charge is 0.255 e. The van der Waals surface area contributed by atoms with Gasteiger partial charge in [0.05, 0.1) is 6.10 Å². The summed E-state index contributed by atoms with van der Waals surface area (Å²) in [5.41, 5.74) is 1.41. The highest BCUT2D eigenvalue weighted by Gasteiger charge is 2.07. The number of anilines is 1. The zero-order valence-electron chi connectivity index (χ0n) is 11.8. The molecule has 3 heteroatoms. The standard InChI is InChI=1S/C17H19NO2/c1-3-13(2)20-16-11-9-14(10-12-16)17(19)18-15-7-5-4-6-8-15/h4-13H,3H2,1-2H3,(H,18,19)/t13-/m0/s1. The fourth-order valence-electron chi connectivity index (χ4n) is 1.73. The Morgan fingerprint density at radius 2 is 1.75 bits per heavy atom. The lowest BCUT2D eigenvalue weighted by Crippen LogP contribution is -2.12.